The molecule has 98 valence electrons. The van der Waals surface area contributed by atoms with Crippen molar-refractivity contribution < 1.29 is 0 Å². The van der Waals surface area contributed by atoms with Crippen molar-refractivity contribution in [1.82, 2.24) is 0 Å². The van der Waals surface area contributed by atoms with Gasteiger partial charge in [0, 0.05) is 11.7 Å². The van der Waals surface area contributed by atoms with Crippen molar-refractivity contribution in [3.05, 3.63) is 64.7 Å². The Bertz CT molecular complexity index is 705. The van der Waals surface area contributed by atoms with E-state index in [1.807, 2.05) is 50.2 Å². The molecule has 2 aromatic rings. The summed E-state index contributed by atoms with van der Waals surface area (Å²) in [7, 11) is 0. The number of nitrogens with one attached hydrogen (secondary N) is 1. The van der Waals surface area contributed by atoms with Crippen LogP contribution < -0.4 is 5.32 Å². The van der Waals surface area contributed by atoms with Gasteiger partial charge in [-0.05, 0) is 49.2 Å². The number of anilines is 1. The molecular weight excluding hydrogens is 246 g/mol. The summed E-state index contributed by atoms with van der Waals surface area (Å²) in [6.07, 6.45) is 0. The highest BCUT2D eigenvalue weighted by Crippen LogP contribution is 2.23. The average molecular weight is 261 g/mol. The van der Waals surface area contributed by atoms with Crippen LogP contribution in [0.15, 0.2) is 42.5 Å². The lowest BCUT2D eigenvalue weighted by molar-refractivity contribution is 0.882. The first-order valence-electron chi connectivity index (χ1n) is 6.41. The van der Waals surface area contributed by atoms with Gasteiger partial charge in [-0.25, -0.2) is 0 Å². The predicted octanol–water partition coefficient (Wildman–Crippen LogP) is 3.91. The summed E-state index contributed by atoms with van der Waals surface area (Å²) in [6, 6.07) is 17.5. The molecule has 3 nitrogen and oxygen atoms in total. The molecule has 0 saturated heterocycles. The van der Waals surface area contributed by atoms with Crippen LogP contribution in [-0.2, 0) is 0 Å². The highest BCUT2D eigenvalue weighted by molar-refractivity contribution is 5.56. The van der Waals surface area contributed by atoms with Crippen molar-refractivity contribution in [3.63, 3.8) is 0 Å². The Labute approximate surface area is 119 Å². The Hall–Kier alpha value is -2.78. The fraction of sp³-hybridized carbons (Fsp3) is 0.176. The first-order chi connectivity index (χ1) is 9.63. The van der Waals surface area contributed by atoms with Gasteiger partial charge >= 0.3 is 0 Å². The molecule has 1 N–H and O–H groups in total. The summed E-state index contributed by atoms with van der Waals surface area (Å²) in [4.78, 5) is 0. The van der Waals surface area contributed by atoms with Gasteiger partial charge in [-0.2, -0.15) is 10.5 Å². The predicted molar refractivity (Wildman–Crippen MR) is 79.1 cm³/mol. The van der Waals surface area contributed by atoms with Gasteiger partial charge in [-0.15, -0.1) is 0 Å². The van der Waals surface area contributed by atoms with Gasteiger partial charge < -0.3 is 5.32 Å². The maximum atomic E-state index is 8.96. The third kappa shape index (κ3) is 2.96. The topological polar surface area (TPSA) is 59.6 Å². The van der Waals surface area contributed by atoms with Crippen LogP contribution in [0.25, 0.3) is 0 Å². The van der Waals surface area contributed by atoms with E-state index < -0.39 is 0 Å². The summed E-state index contributed by atoms with van der Waals surface area (Å²) in [5.74, 6) is 0. The van der Waals surface area contributed by atoms with Gasteiger partial charge in [-0.3, -0.25) is 0 Å². The zero-order valence-corrected chi connectivity index (χ0v) is 11.5. The lowest BCUT2D eigenvalue weighted by Gasteiger charge is -2.18. The van der Waals surface area contributed by atoms with E-state index in [4.69, 9.17) is 10.5 Å². The largest absolute Gasteiger partial charge is 0.378 e. The average Bonchev–Trinajstić information content (AvgIpc) is 2.49. The minimum Gasteiger partial charge on any atom is -0.378 e. The molecule has 0 spiro atoms. The lowest BCUT2D eigenvalue weighted by atomic mass is 10.0. The number of benzene rings is 2. The van der Waals surface area contributed by atoms with E-state index in [9.17, 15) is 0 Å². The summed E-state index contributed by atoms with van der Waals surface area (Å²) in [5, 5.41) is 21.3. The maximum absolute atomic E-state index is 8.96. The molecular formula is C17H15N3. The minimum absolute atomic E-state index is 0.0657. The number of aryl methyl sites for hydroxylation is 1. The van der Waals surface area contributed by atoms with Crippen LogP contribution >= 0.6 is 0 Å². The van der Waals surface area contributed by atoms with E-state index >= 15 is 0 Å². The van der Waals surface area contributed by atoms with Crippen LogP contribution in [0.4, 0.5) is 5.69 Å². The number of hydrogen-bond acceptors (Lipinski definition) is 3. The molecule has 1 atom stereocenters. The summed E-state index contributed by atoms with van der Waals surface area (Å²) >= 11 is 0. The second-order valence-electron chi connectivity index (χ2n) is 4.74. The van der Waals surface area contributed by atoms with Gasteiger partial charge in [0.1, 0.15) is 0 Å². The normalized spacial score (nSPS) is 11.2. The Kier molecular flexibility index (Phi) is 4.03. The second kappa shape index (κ2) is 5.91. The van der Waals surface area contributed by atoms with Crippen molar-refractivity contribution in [2.45, 2.75) is 19.9 Å². The van der Waals surface area contributed by atoms with Gasteiger partial charge in [-0.1, -0.05) is 18.2 Å². The van der Waals surface area contributed by atoms with Crippen LogP contribution in [0.2, 0.25) is 0 Å². The van der Waals surface area contributed by atoms with E-state index in [1.165, 1.54) is 0 Å². The molecule has 2 aromatic carbocycles. The standard InChI is InChI=1S/C17H15N3/c1-12-6-7-15(11-19)9-17(12)20-13(2)16-5-3-4-14(8-16)10-18/h3-9,13,20H,1-2H3. The van der Waals surface area contributed by atoms with Crippen molar-refractivity contribution in [2.24, 2.45) is 0 Å². The fourth-order valence-electron chi connectivity index (χ4n) is 2.04. The quantitative estimate of drug-likeness (QED) is 0.911. The first-order valence-corrected chi connectivity index (χ1v) is 6.41. The van der Waals surface area contributed by atoms with Crippen LogP contribution in [0.5, 0.6) is 0 Å². The van der Waals surface area contributed by atoms with E-state index in [-0.39, 0.29) is 6.04 Å². The number of rotatable bonds is 3. The molecule has 0 aliphatic rings. The van der Waals surface area contributed by atoms with Crippen LogP contribution in [-0.4, -0.2) is 0 Å². The molecule has 1 unspecified atom stereocenters. The molecule has 0 aliphatic heterocycles. The Morgan fingerprint density at radius 3 is 2.40 bits per heavy atom. The third-order valence-electron chi connectivity index (χ3n) is 3.25. The Morgan fingerprint density at radius 1 is 1.00 bits per heavy atom. The van der Waals surface area contributed by atoms with Gasteiger partial charge in [0.15, 0.2) is 0 Å². The van der Waals surface area contributed by atoms with Crippen molar-refractivity contribution in [2.75, 3.05) is 5.32 Å². The summed E-state index contributed by atoms with van der Waals surface area (Å²) in [6.45, 7) is 4.04. The molecule has 0 saturated carbocycles. The number of nitriles is 2. The van der Waals surface area contributed by atoms with Crippen molar-refractivity contribution in [3.8, 4) is 12.1 Å². The SMILES string of the molecule is Cc1ccc(C#N)cc1NC(C)c1cccc(C#N)c1. The lowest BCUT2D eigenvalue weighted by Crippen LogP contribution is -2.08. The zero-order chi connectivity index (χ0) is 14.5. The Morgan fingerprint density at radius 2 is 1.70 bits per heavy atom. The molecule has 0 aromatic heterocycles. The molecule has 20 heavy (non-hydrogen) atoms. The van der Waals surface area contributed by atoms with Crippen molar-refractivity contribution in [1.29, 1.82) is 10.5 Å². The minimum atomic E-state index is 0.0657. The molecule has 0 aliphatic carbocycles. The van der Waals surface area contributed by atoms with Gasteiger partial charge in [0.25, 0.3) is 0 Å². The highest BCUT2D eigenvalue weighted by atomic mass is 14.9. The number of nitrogens with zero attached hydrogens (tertiary/aromatic N) is 2. The second-order valence-corrected chi connectivity index (χ2v) is 4.74. The molecule has 0 amide bonds. The number of hydrogen-bond donors (Lipinski definition) is 1. The van der Waals surface area contributed by atoms with Crippen LogP contribution in [0.3, 0.4) is 0 Å². The molecule has 0 radical (unpaired) electrons. The zero-order valence-electron chi connectivity index (χ0n) is 11.5. The first kappa shape index (κ1) is 13.6. The summed E-state index contributed by atoms with van der Waals surface area (Å²) < 4.78 is 0. The highest BCUT2D eigenvalue weighted by Gasteiger charge is 2.08. The summed E-state index contributed by atoms with van der Waals surface area (Å²) in [5.41, 5.74) is 4.37. The molecule has 3 heteroatoms. The van der Waals surface area contributed by atoms with E-state index in [1.54, 1.807) is 6.07 Å². The van der Waals surface area contributed by atoms with Crippen LogP contribution in [0.1, 0.15) is 35.2 Å². The van der Waals surface area contributed by atoms with Gasteiger partial charge in [0.05, 0.1) is 23.3 Å². The molecule has 2 rings (SSSR count). The van der Waals surface area contributed by atoms with Gasteiger partial charge in [0.2, 0.25) is 0 Å². The third-order valence-corrected chi connectivity index (χ3v) is 3.25. The molecule has 0 heterocycles. The fourth-order valence-corrected chi connectivity index (χ4v) is 2.04. The van der Waals surface area contributed by atoms with Crippen LogP contribution in [0, 0.1) is 29.6 Å². The monoisotopic (exact) mass is 261 g/mol. The van der Waals surface area contributed by atoms with Crippen molar-refractivity contribution >= 4 is 5.69 Å². The Balaban J connectivity index is 2.25. The van der Waals surface area contributed by atoms with E-state index in [2.05, 4.69) is 17.5 Å². The van der Waals surface area contributed by atoms with E-state index in [0.29, 0.717) is 11.1 Å². The maximum Gasteiger partial charge on any atom is 0.0992 e. The molecule has 0 fully saturated rings. The van der Waals surface area contributed by atoms with E-state index in [0.717, 1.165) is 16.8 Å². The molecule has 0 bridgehead atoms. The smallest absolute Gasteiger partial charge is 0.0992 e.